The van der Waals surface area contributed by atoms with E-state index < -0.39 is 0 Å². The van der Waals surface area contributed by atoms with Crippen LogP contribution in [0.25, 0.3) is 10.9 Å². The van der Waals surface area contributed by atoms with Crippen LogP contribution in [0, 0.1) is 0 Å². The number of thioether (sulfide) groups is 1. The van der Waals surface area contributed by atoms with Crippen LogP contribution in [-0.4, -0.2) is 52.8 Å². The van der Waals surface area contributed by atoms with Crippen LogP contribution in [0.4, 0.5) is 11.8 Å². The second-order valence-electron chi connectivity index (χ2n) is 8.40. The highest BCUT2D eigenvalue weighted by atomic mass is 32.2. The van der Waals surface area contributed by atoms with Gasteiger partial charge in [0.05, 0.1) is 11.1 Å². The number of benzene rings is 1. The highest BCUT2D eigenvalue weighted by Gasteiger charge is 2.24. The van der Waals surface area contributed by atoms with E-state index in [2.05, 4.69) is 22.2 Å². The molecule has 172 valence electrons. The number of fused-ring (bicyclic) bond motifs is 1. The van der Waals surface area contributed by atoms with Crippen molar-refractivity contribution in [1.82, 2.24) is 20.3 Å². The molecular formula is C25H30N6OS. The Balaban J connectivity index is 1.36. The zero-order chi connectivity index (χ0) is 23.2. The summed E-state index contributed by atoms with van der Waals surface area (Å²) in [4.78, 5) is 28.7. The summed E-state index contributed by atoms with van der Waals surface area (Å²) in [6.45, 7) is 3.74. The van der Waals surface area contributed by atoms with Crippen molar-refractivity contribution < 1.29 is 4.79 Å². The van der Waals surface area contributed by atoms with E-state index in [1.54, 1.807) is 12.3 Å². The van der Waals surface area contributed by atoms with Gasteiger partial charge < -0.3 is 15.5 Å². The van der Waals surface area contributed by atoms with Crippen LogP contribution in [0.3, 0.4) is 0 Å². The fourth-order valence-corrected chi connectivity index (χ4v) is 4.84. The quantitative estimate of drug-likeness (QED) is 0.376. The number of pyridine rings is 1. The van der Waals surface area contributed by atoms with Crippen molar-refractivity contribution in [3.8, 4) is 0 Å². The Morgan fingerprint density at radius 1 is 1.12 bits per heavy atom. The zero-order valence-electron chi connectivity index (χ0n) is 19.1. The van der Waals surface area contributed by atoms with Gasteiger partial charge in [0, 0.05) is 43.5 Å². The molecule has 2 aromatic heterocycles. The Morgan fingerprint density at radius 2 is 1.88 bits per heavy atom. The number of para-hydroxylation sites is 1. The third-order valence-corrected chi connectivity index (χ3v) is 6.76. The largest absolute Gasteiger partial charge is 0.362 e. The van der Waals surface area contributed by atoms with E-state index in [0.717, 1.165) is 53.2 Å². The second-order valence-corrected chi connectivity index (χ2v) is 9.41. The minimum absolute atomic E-state index is 0.0560. The van der Waals surface area contributed by atoms with Crippen molar-refractivity contribution in [3.05, 3.63) is 60.8 Å². The van der Waals surface area contributed by atoms with Crippen LogP contribution in [-0.2, 0) is 0 Å². The molecule has 1 aromatic carbocycles. The van der Waals surface area contributed by atoms with Crippen molar-refractivity contribution in [2.75, 3.05) is 30.1 Å². The molecule has 1 aliphatic carbocycles. The molecule has 8 heteroatoms. The minimum atomic E-state index is -0.0560. The number of nitrogens with zero attached hydrogens (tertiary/aromatic N) is 4. The molecular weight excluding hydrogens is 432 g/mol. The SMILES string of the molecule is C=CCSc1ncccc1C(=O)NC1CCC(Nc2nc(N(C)C)c3ccccc3n2)CC1. The normalized spacial score (nSPS) is 18.0. The highest BCUT2D eigenvalue weighted by molar-refractivity contribution is 7.99. The van der Waals surface area contributed by atoms with Crippen LogP contribution >= 0.6 is 11.8 Å². The number of aromatic nitrogens is 3. The predicted molar refractivity (Wildman–Crippen MR) is 136 cm³/mol. The monoisotopic (exact) mass is 462 g/mol. The molecule has 33 heavy (non-hydrogen) atoms. The van der Waals surface area contributed by atoms with Gasteiger partial charge in [-0.1, -0.05) is 18.2 Å². The van der Waals surface area contributed by atoms with Gasteiger partial charge in [-0.15, -0.1) is 18.3 Å². The lowest BCUT2D eigenvalue weighted by molar-refractivity contribution is 0.0923. The topological polar surface area (TPSA) is 83.0 Å². The molecule has 4 rings (SSSR count). The molecule has 1 fully saturated rings. The number of carbonyl (C=O) groups is 1. The summed E-state index contributed by atoms with van der Waals surface area (Å²) in [6, 6.07) is 12.1. The summed E-state index contributed by atoms with van der Waals surface area (Å²) >= 11 is 1.53. The first-order valence-corrected chi connectivity index (χ1v) is 12.2. The minimum Gasteiger partial charge on any atom is -0.362 e. The molecule has 0 aliphatic heterocycles. The molecule has 0 bridgehead atoms. The third-order valence-electron chi connectivity index (χ3n) is 5.76. The Labute approximate surface area is 199 Å². The van der Waals surface area contributed by atoms with Gasteiger partial charge in [0.15, 0.2) is 0 Å². The summed E-state index contributed by atoms with van der Waals surface area (Å²) in [6.07, 6.45) is 7.25. The van der Waals surface area contributed by atoms with Gasteiger partial charge in [-0.3, -0.25) is 4.79 Å². The maximum atomic E-state index is 12.9. The summed E-state index contributed by atoms with van der Waals surface area (Å²) in [5, 5.41) is 8.51. The molecule has 0 unspecified atom stereocenters. The first-order chi connectivity index (χ1) is 16.0. The van der Waals surface area contributed by atoms with Crippen molar-refractivity contribution in [3.63, 3.8) is 0 Å². The Kier molecular flexibility index (Phi) is 7.44. The number of amides is 1. The van der Waals surface area contributed by atoms with Crippen LogP contribution in [0.2, 0.25) is 0 Å². The van der Waals surface area contributed by atoms with Crippen LogP contribution in [0.1, 0.15) is 36.0 Å². The van der Waals surface area contributed by atoms with Gasteiger partial charge in [0.25, 0.3) is 5.91 Å². The van der Waals surface area contributed by atoms with E-state index in [9.17, 15) is 4.79 Å². The van der Waals surface area contributed by atoms with Crippen molar-refractivity contribution in [2.45, 2.75) is 42.8 Å². The molecule has 1 aliphatic rings. The van der Waals surface area contributed by atoms with Crippen LogP contribution in [0.15, 0.2) is 60.3 Å². The molecule has 0 atom stereocenters. The van der Waals surface area contributed by atoms with Crippen molar-refractivity contribution in [1.29, 1.82) is 0 Å². The Bertz CT molecular complexity index is 1130. The number of nitrogens with one attached hydrogen (secondary N) is 2. The second kappa shape index (κ2) is 10.7. The highest BCUT2D eigenvalue weighted by Crippen LogP contribution is 2.27. The average molecular weight is 463 g/mol. The average Bonchev–Trinajstić information content (AvgIpc) is 2.83. The molecule has 0 spiro atoms. The molecule has 2 N–H and O–H groups in total. The number of hydrogen-bond donors (Lipinski definition) is 2. The van der Waals surface area contributed by atoms with E-state index in [-0.39, 0.29) is 18.0 Å². The standard InChI is InChI=1S/C25H30N6OS/c1-4-16-33-24-20(9-7-15-26-24)23(32)27-17-11-13-18(14-12-17)28-25-29-21-10-6-5-8-19(21)22(30-25)31(2)3/h4-10,15,17-18H,1,11-14,16H2,2-3H3,(H,27,32)(H,28,29,30). The number of carbonyl (C=O) groups excluding carboxylic acids is 1. The zero-order valence-corrected chi connectivity index (χ0v) is 19.9. The fourth-order valence-electron chi connectivity index (χ4n) is 4.11. The molecule has 3 aromatic rings. The fraction of sp³-hybridized carbons (Fsp3) is 0.360. The first-order valence-electron chi connectivity index (χ1n) is 11.3. The van der Waals surface area contributed by atoms with E-state index in [1.807, 2.05) is 55.4 Å². The van der Waals surface area contributed by atoms with Crippen molar-refractivity contribution >= 4 is 40.3 Å². The summed E-state index contributed by atoms with van der Waals surface area (Å²) in [7, 11) is 3.99. The van der Waals surface area contributed by atoms with Gasteiger partial charge >= 0.3 is 0 Å². The summed E-state index contributed by atoms with van der Waals surface area (Å²) < 4.78 is 0. The Morgan fingerprint density at radius 3 is 2.64 bits per heavy atom. The van der Waals surface area contributed by atoms with Crippen LogP contribution < -0.4 is 15.5 Å². The molecule has 1 amide bonds. The van der Waals surface area contributed by atoms with E-state index in [1.165, 1.54) is 11.8 Å². The summed E-state index contributed by atoms with van der Waals surface area (Å²) in [5.74, 6) is 2.23. The van der Waals surface area contributed by atoms with Crippen LogP contribution in [0.5, 0.6) is 0 Å². The number of rotatable bonds is 8. The summed E-state index contributed by atoms with van der Waals surface area (Å²) in [5.41, 5.74) is 1.56. The third kappa shape index (κ3) is 5.63. The Hall–Kier alpha value is -3.13. The van der Waals surface area contributed by atoms with Crippen molar-refractivity contribution in [2.24, 2.45) is 0 Å². The van der Waals surface area contributed by atoms with Gasteiger partial charge in [-0.25, -0.2) is 9.97 Å². The van der Waals surface area contributed by atoms with E-state index in [4.69, 9.17) is 9.97 Å². The van der Waals surface area contributed by atoms with Gasteiger partial charge in [0.2, 0.25) is 5.95 Å². The van der Waals surface area contributed by atoms with Gasteiger partial charge in [0.1, 0.15) is 10.8 Å². The number of hydrogen-bond acceptors (Lipinski definition) is 7. The van der Waals surface area contributed by atoms with Gasteiger partial charge in [-0.2, -0.15) is 4.98 Å². The lowest BCUT2D eigenvalue weighted by Gasteiger charge is -2.30. The smallest absolute Gasteiger partial charge is 0.254 e. The first kappa shape index (κ1) is 23.0. The van der Waals surface area contributed by atoms with E-state index >= 15 is 0 Å². The molecule has 0 radical (unpaired) electrons. The van der Waals surface area contributed by atoms with E-state index in [0.29, 0.717) is 11.5 Å². The lowest BCUT2D eigenvalue weighted by atomic mass is 9.91. The van der Waals surface area contributed by atoms with Gasteiger partial charge in [-0.05, 0) is 49.9 Å². The molecule has 2 heterocycles. The molecule has 7 nitrogen and oxygen atoms in total. The lowest BCUT2D eigenvalue weighted by Crippen LogP contribution is -2.40. The maximum Gasteiger partial charge on any atom is 0.254 e. The molecule has 1 saturated carbocycles. The maximum absolute atomic E-state index is 12.9. The molecule has 0 saturated heterocycles. The predicted octanol–water partition coefficient (Wildman–Crippen LogP) is 4.52. The number of anilines is 2.